The fraction of sp³-hybridized carbons (Fsp3) is 0.429. The van der Waals surface area contributed by atoms with E-state index in [1.807, 2.05) is 18.2 Å². The molecule has 0 fully saturated rings. The first kappa shape index (κ1) is 15.6. The van der Waals surface area contributed by atoms with Crippen LogP contribution in [-0.2, 0) is 9.59 Å². The number of aliphatic carboxylic acids is 1. The Morgan fingerprint density at radius 1 is 1.26 bits per heavy atom. The van der Waals surface area contributed by atoms with Crippen LogP contribution in [0.1, 0.15) is 25.3 Å². The molecule has 0 aliphatic heterocycles. The average Bonchev–Trinajstić information content (AvgIpc) is 2.37. The number of carbonyl (C=O) groups excluding carboxylic acids is 1. The third-order valence-corrected chi connectivity index (χ3v) is 4.00. The van der Waals surface area contributed by atoms with Gasteiger partial charge in [0, 0.05) is 12.7 Å². The topological polar surface area (TPSA) is 66.4 Å². The van der Waals surface area contributed by atoms with Gasteiger partial charge in [-0.25, -0.2) is 4.79 Å². The largest absolute Gasteiger partial charge is 0.480 e. The summed E-state index contributed by atoms with van der Waals surface area (Å²) < 4.78 is 0. The van der Waals surface area contributed by atoms with Gasteiger partial charge >= 0.3 is 5.97 Å². The molecule has 0 aromatic heterocycles. The molecule has 1 aromatic carbocycles. The summed E-state index contributed by atoms with van der Waals surface area (Å²) in [5.41, 5.74) is 1.24. The van der Waals surface area contributed by atoms with E-state index in [1.165, 1.54) is 24.2 Å². The molecule has 1 aromatic rings. The molecular formula is C14H19NO3S. The van der Waals surface area contributed by atoms with Crippen molar-refractivity contribution in [2.45, 2.75) is 25.8 Å². The minimum Gasteiger partial charge on any atom is -0.480 e. The van der Waals surface area contributed by atoms with E-state index in [9.17, 15) is 9.59 Å². The van der Waals surface area contributed by atoms with Crippen LogP contribution in [0.2, 0.25) is 0 Å². The van der Waals surface area contributed by atoms with Crippen molar-refractivity contribution >= 4 is 23.6 Å². The van der Waals surface area contributed by atoms with Crippen molar-refractivity contribution in [1.82, 2.24) is 5.32 Å². The van der Waals surface area contributed by atoms with Crippen molar-refractivity contribution in [2.24, 2.45) is 0 Å². The lowest BCUT2D eigenvalue weighted by Gasteiger charge is -2.15. The van der Waals surface area contributed by atoms with Crippen molar-refractivity contribution in [3.8, 4) is 0 Å². The van der Waals surface area contributed by atoms with Crippen LogP contribution in [0.3, 0.4) is 0 Å². The van der Waals surface area contributed by atoms with Crippen LogP contribution in [0.4, 0.5) is 0 Å². The highest BCUT2D eigenvalue weighted by Crippen LogP contribution is 2.20. The number of thioether (sulfide) groups is 1. The molecule has 104 valence electrons. The molecule has 1 rings (SSSR count). The molecule has 4 nitrogen and oxygen atoms in total. The van der Waals surface area contributed by atoms with Crippen LogP contribution < -0.4 is 5.32 Å². The smallest absolute Gasteiger partial charge is 0.327 e. The Morgan fingerprint density at radius 3 is 2.42 bits per heavy atom. The van der Waals surface area contributed by atoms with Crippen LogP contribution in [0, 0.1) is 0 Å². The number of hydrogen-bond donors (Lipinski definition) is 2. The van der Waals surface area contributed by atoms with Crippen molar-refractivity contribution in [2.75, 3.05) is 11.5 Å². The molecule has 1 amide bonds. The molecule has 0 aliphatic rings. The van der Waals surface area contributed by atoms with Crippen LogP contribution in [0.5, 0.6) is 0 Å². The summed E-state index contributed by atoms with van der Waals surface area (Å²) in [6.07, 6.45) is 0. The van der Waals surface area contributed by atoms with Crippen LogP contribution >= 0.6 is 11.8 Å². The summed E-state index contributed by atoms with van der Waals surface area (Å²) in [6, 6.07) is 9.27. The summed E-state index contributed by atoms with van der Waals surface area (Å²) >= 11 is 1.54. The predicted molar refractivity (Wildman–Crippen MR) is 77.4 cm³/mol. The van der Waals surface area contributed by atoms with E-state index in [2.05, 4.69) is 24.4 Å². The number of amides is 1. The molecule has 2 atom stereocenters. The zero-order valence-electron chi connectivity index (χ0n) is 11.1. The first-order valence-electron chi connectivity index (χ1n) is 6.13. The lowest BCUT2D eigenvalue weighted by Crippen LogP contribution is -2.41. The minimum absolute atomic E-state index is 0.316. The molecular weight excluding hydrogens is 262 g/mol. The first-order chi connectivity index (χ1) is 9.00. The molecule has 0 saturated carbocycles. The lowest BCUT2D eigenvalue weighted by atomic mass is 10.0. The minimum atomic E-state index is -0.991. The molecule has 0 bridgehead atoms. The fourth-order valence-corrected chi connectivity index (χ4v) is 2.80. The Labute approximate surface area is 117 Å². The molecule has 0 radical (unpaired) electrons. The third kappa shape index (κ3) is 5.79. The second kappa shape index (κ2) is 7.84. The molecule has 0 aliphatic carbocycles. The molecule has 0 spiro atoms. The zero-order valence-corrected chi connectivity index (χ0v) is 11.9. The van der Waals surface area contributed by atoms with E-state index in [0.717, 1.165) is 5.75 Å². The molecule has 1 unspecified atom stereocenters. The highest BCUT2D eigenvalue weighted by Gasteiger charge is 2.18. The van der Waals surface area contributed by atoms with Crippen LogP contribution in [0.25, 0.3) is 0 Å². The second-order valence-corrected chi connectivity index (χ2v) is 5.52. The number of rotatable bonds is 7. The number of carboxylic acid groups (broad SMARTS) is 1. The van der Waals surface area contributed by atoms with Gasteiger partial charge in [-0.3, -0.25) is 4.79 Å². The summed E-state index contributed by atoms with van der Waals surface area (Å²) in [7, 11) is 0. The zero-order chi connectivity index (χ0) is 14.3. The lowest BCUT2D eigenvalue weighted by molar-refractivity contribution is -0.140. The van der Waals surface area contributed by atoms with E-state index >= 15 is 0 Å². The van der Waals surface area contributed by atoms with Gasteiger partial charge in [0.2, 0.25) is 5.91 Å². The van der Waals surface area contributed by atoms with Gasteiger partial charge in [0.1, 0.15) is 6.04 Å². The molecule has 5 heteroatoms. The van der Waals surface area contributed by atoms with Gasteiger partial charge < -0.3 is 10.4 Å². The quantitative estimate of drug-likeness (QED) is 0.803. The number of carboxylic acids is 1. The summed E-state index contributed by atoms with van der Waals surface area (Å²) in [5, 5.41) is 11.4. The van der Waals surface area contributed by atoms with E-state index in [1.54, 1.807) is 0 Å². The Kier molecular flexibility index (Phi) is 6.42. The number of carbonyl (C=O) groups is 2. The van der Waals surface area contributed by atoms with Crippen molar-refractivity contribution in [1.29, 1.82) is 0 Å². The van der Waals surface area contributed by atoms with Gasteiger partial charge in [-0.15, -0.1) is 0 Å². The Bertz CT molecular complexity index is 422. The van der Waals surface area contributed by atoms with E-state index in [4.69, 9.17) is 5.11 Å². The van der Waals surface area contributed by atoms with Crippen molar-refractivity contribution in [3.05, 3.63) is 35.9 Å². The number of benzene rings is 1. The average molecular weight is 281 g/mol. The van der Waals surface area contributed by atoms with E-state index in [-0.39, 0.29) is 5.91 Å². The fourth-order valence-electron chi connectivity index (χ4n) is 1.66. The number of nitrogens with one attached hydrogen (secondary N) is 1. The standard InChI is InChI=1S/C14H19NO3S/c1-10(12-6-4-3-5-7-12)8-19-9-13(14(17)18)15-11(2)16/h3-7,10,13H,8-9H2,1-2H3,(H,15,16)(H,17,18)/t10?,13-/m0/s1. The maximum atomic E-state index is 11.0. The molecule has 0 saturated heterocycles. The molecule has 2 N–H and O–H groups in total. The second-order valence-electron chi connectivity index (χ2n) is 4.44. The predicted octanol–water partition coefficient (Wildman–Crippen LogP) is 2.11. The van der Waals surface area contributed by atoms with Gasteiger partial charge in [-0.2, -0.15) is 11.8 Å². The summed E-state index contributed by atoms with van der Waals surface area (Å²) in [4.78, 5) is 21.8. The highest BCUT2D eigenvalue weighted by molar-refractivity contribution is 7.99. The van der Waals surface area contributed by atoms with Gasteiger partial charge in [0.25, 0.3) is 0 Å². The van der Waals surface area contributed by atoms with Crippen molar-refractivity contribution in [3.63, 3.8) is 0 Å². The van der Waals surface area contributed by atoms with Gasteiger partial charge in [0.15, 0.2) is 0 Å². The van der Waals surface area contributed by atoms with Gasteiger partial charge in [-0.05, 0) is 17.2 Å². The normalized spacial score (nSPS) is 13.6. The van der Waals surface area contributed by atoms with Crippen LogP contribution in [-0.4, -0.2) is 34.5 Å². The van der Waals surface area contributed by atoms with Crippen LogP contribution in [0.15, 0.2) is 30.3 Å². The Morgan fingerprint density at radius 2 is 1.89 bits per heavy atom. The molecule has 0 heterocycles. The van der Waals surface area contributed by atoms with E-state index < -0.39 is 12.0 Å². The first-order valence-corrected chi connectivity index (χ1v) is 7.28. The van der Waals surface area contributed by atoms with Gasteiger partial charge in [-0.1, -0.05) is 37.3 Å². The maximum Gasteiger partial charge on any atom is 0.327 e. The van der Waals surface area contributed by atoms with Crippen molar-refractivity contribution < 1.29 is 14.7 Å². The monoisotopic (exact) mass is 281 g/mol. The third-order valence-electron chi connectivity index (χ3n) is 2.70. The maximum absolute atomic E-state index is 11.0. The summed E-state index contributed by atoms with van der Waals surface area (Å²) in [6.45, 7) is 3.43. The Balaban J connectivity index is 2.40. The SMILES string of the molecule is CC(=O)N[C@@H](CSCC(C)c1ccccc1)C(=O)O. The Hall–Kier alpha value is -1.49. The van der Waals surface area contributed by atoms with Gasteiger partial charge in [0.05, 0.1) is 0 Å². The summed E-state index contributed by atoms with van der Waals surface area (Å²) in [5.74, 6) is 0.261. The molecule has 19 heavy (non-hydrogen) atoms. The highest BCUT2D eigenvalue weighted by atomic mass is 32.2. The number of hydrogen-bond acceptors (Lipinski definition) is 3. The van der Waals surface area contributed by atoms with E-state index in [0.29, 0.717) is 11.7 Å².